The molecule has 1 atom stereocenters. The Morgan fingerprint density at radius 2 is 0.565 bits per heavy atom. The van der Waals surface area contributed by atoms with Crippen LogP contribution in [0.3, 0.4) is 0 Å². The van der Waals surface area contributed by atoms with Gasteiger partial charge in [-0.3, -0.25) is 14.4 Å². The molecule has 0 saturated heterocycles. The van der Waals surface area contributed by atoms with Crippen molar-refractivity contribution in [1.82, 2.24) is 0 Å². The minimum atomic E-state index is -0.802. The van der Waals surface area contributed by atoms with E-state index in [4.69, 9.17) is 14.2 Å². The monoisotopic (exact) mass is 959 g/mol. The smallest absolute Gasteiger partial charge is 0.306 e. The molecule has 0 bridgehead atoms. The molecule has 0 aliphatic heterocycles. The summed E-state index contributed by atoms with van der Waals surface area (Å²) in [6.45, 7) is 6.38. The van der Waals surface area contributed by atoms with Crippen LogP contribution < -0.4 is 0 Å². The molecule has 0 N–H and O–H groups in total. The first-order chi connectivity index (χ1) is 34.0. The number of allylic oxidation sites excluding steroid dienone is 16. The van der Waals surface area contributed by atoms with E-state index in [0.717, 1.165) is 109 Å². The molecule has 0 aliphatic carbocycles. The van der Waals surface area contributed by atoms with Gasteiger partial charge in [0, 0.05) is 19.3 Å². The normalized spacial score (nSPS) is 12.8. The minimum Gasteiger partial charge on any atom is -0.462 e. The highest BCUT2D eigenvalue weighted by atomic mass is 16.6. The van der Waals surface area contributed by atoms with Gasteiger partial charge >= 0.3 is 17.9 Å². The van der Waals surface area contributed by atoms with Crippen LogP contribution in [0.15, 0.2) is 97.2 Å². The van der Waals surface area contributed by atoms with Crippen molar-refractivity contribution in [2.24, 2.45) is 0 Å². The van der Waals surface area contributed by atoms with Crippen LogP contribution in [-0.4, -0.2) is 37.2 Å². The first-order valence-corrected chi connectivity index (χ1v) is 28.7. The molecule has 0 aliphatic rings. The number of unbranched alkanes of at least 4 members (excludes halogenated alkanes) is 24. The number of carbonyl (C=O) groups is 3. The third-order valence-corrected chi connectivity index (χ3v) is 12.1. The van der Waals surface area contributed by atoms with Gasteiger partial charge in [-0.1, -0.05) is 227 Å². The van der Waals surface area contributed by atoms with Crippen LogP contribution in [0, 0.1) is 0 Å². The van der Waals surface area contributed by atoms with Crippen molar-refractivity contribution >= 4 is 17.9 Å². The number of ether oxygens (including phenoxy) is 3. The third kappa shape index (κ3) is 55.1. The molecule has 0 saturated carbocycles. The Balaban J connectivity index is 4.44. The fraction of sp³-hybridized carbons (Fsp3) is 0.698. The van der Waals surface area contributed by atoms with Gasteiger partial charge in [0.15, 0.2) is 6.10 Å². The molecule has 0 fully saturated rings. The molecule has 0 amide bonds. The maximum absolute atomic E-state index is 12.9. The van der Waals surface area contributed by atoms with Crippen LogP contribution in [0.2, 0.25) is 0 Å². The molecule has 69 heavy (non-hydrogen) atoms. The van der Waals surface area contributed by atoms with Crippen LogP contribution in [0.4, 0.5) is 0 Å². The number of hydrogen-bond donors (Lipinski definition) is 0. The van der Waals surface area contributed by atoms with Crippen molar-refractivity contribution in [2.75, 3.05) is 13.2 Å². The van der Waals surface area contributed by atoms with E-state index in [1.807, 2.05) is 0 Å². The Bertz CT molecular complexity index is 1380. The second-order valence-electron chi connectivity index (χ2n) is 18.8. The zero-order valence-electron chi connectivity index (χ0n) is 45.0. The molecule has 0 radical (unpaired) electrons. The zero-order valence-corrected chi connectivity index (χ0v) is 45.0. The Kier molecular flexibility index (Phi) is 53.9. The van der Waals surface area contributed by atoms with Gasteiger partial charge in [0.05, 0.1) is 0 Å². The second-order valence-corrected chi connectivity index (χ2v) is 18.8. The summed E-state index contributed by atoms with van der Waals surface area (Å²) < 4.78 is 16.8. The molecule has 6 nitrogen and oxygen atoms in total. The van der Waals surface area contributed by atoms with E-state index in [0.29, 0.717) is 19.3 Å². The van der Waals surface area contributed by atoms with Gasteiger partial charge in [-0.25, -0.2) is 0 Å². The summed E-state index contributed by atoms with van der Waals surface area (Å²) >= 11 is 0. The molecule has 0 aromatic carbocycles. The molecular formula is C63H106O6. The van der Waals surface area contributed by atoms with Gasteiger partial charge in [0.2, 0.25) is 0 Å². The quantitative estimate of drug-likeness (QED) is 0.0262. The van der Waals surface area contributed by atoms with Crippen molar-refractivity contribution in [2.45, 2.75) is 271 Å². The van der Waals surface area contributed by atoms with Crippen LogP contribution in [0.25, 0.3) is 0 Å². The second kappa shape index (κ2) is 56.9. The van der Waals surface area contributed by atoms with Crippen LogP contribution >= 0.6 is 0 Å². The lowest BCUT2D eigenvalue weighted by Crippen LogP contribution is -2.30. The maximum Gasteiger partial charge on any atom is 0.306 e. The lowest BCUT2D eigenvalue weighted by molar-refractivity contribution is -0.167. The zero-order chi connectivity index (χ0) is 50.0. The summed E-state index contributed by atoms with van der Waals surface area (Å²) in [5.74, 6) is -0.948. The van der Waals surface area contributed by atoms with E-state index in [9.17, 15) is 14.4 Å². The molecule has 0 spiro atoms. The largest absolute Gasteiger partial charge is 0.462 e. The van der Waals surface area contributed by atoms with E-state index in [2.05, 4.69) is 118 Å². The number of carbonyl (C=O) groups excluding carboxylic acids is 3. The average molecular weight is 960 g/mol. The highest BCUT2D eigenvalue weighted by Crippen LogP contribution is 2.15. The van der Waals surface area contributed by atoms with E-state index in [-0.39, 0.29) is 31.1 Å². The predicted molar refractivity (Wildman–Crippen MR) is 297 cm³/mol. The lowest BCUT2D eigenvalue weighted by Gasteiger charge is -2.18. The molecule has 1 unspecified atom stereocenters. The topological polar surface area (TPSA) is 78.9 Å². The summed E-state index contributed by atoms with van der Waals surface area (Å²) in [5, 5.41) is 0. The molecule has 6 heteroatoms. The maximum atomic E-state index is 12.9. The fourth-order valence-corrected chi connectivity index (χ4v) is 7.80. The first-order valence-electron chi connectivity index (χ1n) is 28.7. The van der Waals surface area contributed by atoms with Crippen LogP contribution in [0.1, 0.15) is 265 Å². The molecule has 0 heterocycles. The standard InChI is InChI=1S/C63H106O6/c1-4-7-10-13-16-19-22-25-28-30-31-33-35-38-41-44-47-50-53-56-62(65)68-59-60(58-67-61(64)55-52-49-46-43-40-37-34-27-24-21-18-15-12-9-6-3)69-63(66)57-54-51-48-45-42-39-36-32-29-26-23-20-17-14-11-8-5-2/h8-9,11-12,17-18,20-21,25-29,34,40,43,60H,4-7,10,13-16,19,22-24,30-33,35-39,41-42,44-59H2,1-3H3/b11-8-,12-9-,20-17-,21-18-,28-25-,29-26-,34-27-,43-40-. The molecule has 0 aromatic heterocycles. The van der Waals surface area contributed by atoms with Gasteiger partial charge in [-0.2, -0.15) is 0 Å². The third-order valence-electron chi connectivity index (χ3n) is 12.1. The van der Waals surface area contributed by atoms with Crippen LogP contribution in [-0.2, 0) is 28.6 Å². The number of hydrogen-bond acceptors (Lipinski definition) is 6. The lowest BCUT2D eigenvalue weighted by atomic mass is 10.1. The molecule has 0 rings (SSSR count). The number of rotatable bonds is 51. The Hall–Kier alpha value is -3.67. The molecule has 394 valence electrons. The summed E-state index contributed by atoms with van der Waals surface area (Å²) in [4.78, 5) is 38.2. The first kappa shape index (κ1) is 65.3. The van der Waals surface area contributed by atoms with E-state index in [1.54, 1.807) is 0 Å². The van der Waals surface area contributed by atoms with Crippen LogP contribution in [0.5, 0.6) is 0 Å². The van der Waals surface area contributed by atoms with Crippen molar-refractivity contribution in [1.29, 1.82) is 0 Å². The van der Waals surface area contributed by atoms with Gasteiger partial charge in [0.25, 0.3) is 0 Å². The highest BCUT2D eigenvalue weighted by molar-refractivity contribution is 5.71. The van der Waals surface area contributed by atoms with Crippen molar-refractivity contribution in [3.63, 3.8) is 0 Å². The van der Waals surface area contributed by atoms with E-state index in [1.165, 1.54) is 116 Å². The number of esters is 3. The average Bonchev–Trinajstić information content (AvgIpc) is 3.35. The fourth-order valence-electron chi connectivity index (χ4n) is 7.80. The Morgan fingerprint density at radius 1 is 0.304 bits per heavy atom. The van der Waals surface area contributed by atoms with Gasteiger partial charge in [0.1, 0.15) is 13.2 Å². The van der Waals surface area contributed by atoms with E-state index >= 15 is 0 Å². The summed E-state index contributed by atoms with van der Waals surface area (Å²) in [6.07, 6.45) is 75.4. The summed E-state index contributed by atoms with van der Waals surface area (Å²) in [7, 11) is 0. The highest BCUT2D eigenvalue weighted by Gasteiger charge is 2.19. The minimum absolute atomic E-state index is 0.0961. The summed E-state index contributed by atoms with van der Waals surface area (Å²) in [5.41, 5.74) is 0. The molecular weight excluding hydrogens is 853 g/mol. The SMILES string of the molecule is CC/C=C\C/C=C\C/C=C\C/C=C\CCCCC(=O)OCC(COC(=O)CCCCCCCCCCC/C=C\CCCCCCCC)OC(=O)CCCCCCCCC/C=C\C/C=C\C/C=C\CC. The van der Waals surface area contributed by atoms with Gasteiger partial charge in [-0.05, 0) is 116 Å². The predicted octanol–water partition coefficient (Wildman–Crippen LogP) is 19.3. The van der Waals surface area contributed by atoms with Crippen molar-refractivity contribution in [3.8, 4) is 0 Å². The van der Waals surface area contributed by atoms with Crippen molar-refractivity contribution < 1.29 is 28.6 Å². The van der Waals surface area contributed by atoms with Gasteiger partial charge < -0.3 is 14.2 Å². The van der Waals surface area contributed by atoms with Crippen molar-refractivity contribution in [3.05, 3.63) is 97.2 Å². The Labute approximate surface area is 426 Å². The summed E-state index contributed by atoms with van der Waals surface area (Å²) in [6, 6.07) is 0. The van der Waals surface area contributed by atoms with Gasteiger partial charge in [-0.15, -0.1) is 0 Å². The Morgan fingerprint density at radius 3 is 0.928 bits per heavy atom. The van der Waals surface area contributed by atoms with E-state index < -0.39 is 6.10 Å². The molecule has 0 aromatic rings.